The summed E-state index contributed by atoms with van der Waals surface area (Å²) in [5.74, 6) is -0.784. The number of hydrogen-bond donors (Lipinski definition) is 1. The van der Waals surface area contributed by atoms with Crippen LogP contribution in [0.3, 0.4) is 0 Å². The Labute approximate surface area is 111 Å². The van der Waals surface area contributed by atoms with E-state index in [2.05, 4.69) is 5.32 Å². The van der Waals surface area contributed by atoms with Gasteiger partial charge in [0.15, 0.2) is 11.6 Å². The molecule has 0 aliphatic carbocycles. The minimum absolute atomic E-state index is 0.0358. The first kappa shape index (κ1) is 13.7. The SMILES string of the molecule is CCNC(Cc1ccc(F)c(F)c1)c1ccoc1C. The van der Waals surface area contributed by atoms with E-state index in [1.165, 1.54) is 6.07 Å². The van der Waals surface area contributed by atoms with Crippen LogP contribution in [-0.2, 0) is 6.42 Å². The van der Waals surface area contributed by atoms with E-state index in [1.807, 2.05) is 19.9 Å². The molecule has 1 atom stereocenters. The van der Waals surface area contributed by atoms with Crippen LogP contribution in [0, 0.1) is 18.6 Å². The van der Waals surface area contributed by atoms with E-state index in [0.717, 1.165) is 29.5 Å². The number of rotatable bonds is 5. The number of nitrogens with one attached hydrogen (secondary N) is 1. The molecule has 19 heavy (non-hydrogen) atoms. The average Bonchev–Trinajstić information content (AvgIpc) is 2.79. The molecule has 0 bridgehead atoms. The van der Waals surface area contributed by atoms with Crippen molar-refractivity contribution in [1.29, 1.82) is 0 Å². The third-order valence-corrected chi connectivity index (χ3v) is 3.15. The number of aryl methyl sites for hydroxylation is 1. The van der Waals surface area contributed by atoms with Crippen molar-refractivity contribution < 1.29 is 13.2 Å². The third-order valence-electron chi connectivity index (χ3n) is 3.15. The first-order valence-electron chi connectivity index (χ1n) is 6.33. The minimum Gasteiger partial charge on any atom is -0.469 e. The van der Waals surface area contributed by atoms with Gasteiger partial charge in [0.2, 0.25) is 0 Å². The van der Waals surface area contributed by atoms with Crippen molar-refractivity contribution in [3.05, 3.63) is 59.1 Å². The van der Waals surface area contributed by atoms with E-state index in [4.69, 9.17) is 4.42 Å². The molecule has 0 aliphatic rings. The van der Waals surface area contributed by atoms with Crippen LogP contribution in [-0.4, -0.2) is 6.54 Å². The van der Waals surface area contributed by atoms with Gasteiger partial charge in [0.1, 0.15) is 5.76 Å². The van der Waals surface area contributed by atoms with Gasteiger partial charge in [0.25, 0.3) is 0 Å². The van der Waals surface area contributed by atoms with Crippen LogP contribution in [0.4, 0.5) is 8.78 Å². The van der Waals surface area contributed by atoms with Gasteiger partial charge in [0, 0.05) is 11.6 Å². The van der Waals surface area contributed by atoms with E-state index in [9.17, 15) is 8.78 Å². The Bertz CT molecular complexity index is 551. The fraction of sp³-hybridized carbons (Fsp3) is 0.333. The molecule has 2 aromatic rings. The molecule has 102 valence electrons. The van der Waals surface area contributed by atoms with Crippen molar-refractivity contribution in [1.82, 2.24) is 5.32 Å². The van der Waals surface area contributed by atoms with E-state index >= 15 is 0 Å². The molecule has 1 unspecified atom stereocenters. The van der Waals surface area contributed by atoms with E-state index in [1.54, 1.807) is 12.3 Å². The molecule has 4 heteroatoms. The van der Waals surface area contributed by atoms with Crippen molar-refractivity contribution in [2.45, 2.75) is 26.3 Å². The van der Waals surface area contributed by atoms with Crippen molar-refractivity contribution in [3.8, 4) is 0 Å². The molecular weight excluding hydrogens is 248 g/mol. The summed E-state index contributed by atoms with van der Waals surface area (Å²) < 4.78 is 31.4. The van der Waals surface area contributed by atoms with Crippen LogP contribution in [0.15, 0.2) is 34.9 Å². The summed E-state index contributed by atoms with van der Waals surface area (Å²) in [6.45, 7) is 4.69. The number of furan rings is 1. The summed E-state index contributed by atoms with van der Waals surface area (Å²) in [5.41, 5.74) is 1.80. The lowest BCUT2D eigenvalue weighted by atomic mass is 9.99. The third kappa shape index (κ3) is 3.20. The van der Waals surface area contributed by atoms with Gasteiger partial charge in [-0.3, -0.25) is 0 Å². The smallest absolute Gasteiger partial charge is 0.159 e. The number of hydrogen-bond acceptors (Lipinski definition) is 2. The molecule has 2 nitrogen and oxygen atoms in total. The number of benzene rings is 1. The van der Waals surface area contributed by atoms with Crippen LogP contribution in [0.25, 0.3) is 0 Å². The Morgan fingerprint density at radius 2 is 2.00 bits per heavy atom. The lowest BCUT2D eigenvalue weighted by molar-refractivity contribution is 0.493. The molecule has 1 heterocycles. The summed E-state index contributed by atoms with van der Waals surface area (Å²) >= 11 is 0. The highest BCUT2D eigenvalue weighted by molar-refractivity contribution is 5.25. The van der Waals surface area contributed by atoms with Gasteiger partial charge < -0.3 is 9.73 Å². The number of halogens is 2. The summed E-state index contributed by atoms with van der Waals surface area (Å²) in [4.78, 5) is 0. The fourth-order valence-corrected chi connectivity index (χ4v) is 2.20. The summed E-state index contributed by atoms with van der Waals surface area (Å²) in [7, 11) is 0. The molecule has 1 aromatic carbocycles. The molecule has 0 amide bonds. The highest BCUT2D eigenvalue weighted by Gasteiger charge is 2.16. The standard InChI is InChI=1S/C15H17F2NO/c1-3-18-15(12-6-7-19-10(12)2)9-11-4-5-13(16)14(17)8-11/h4-8,15,18H,3,9H2,1-2H3. The monoisotopic (exact) mass is 265 g/mol. The summed E-state index contributed by atoms with van der Waals surface area (Å²) in [6.07, 6.45) is 2.23. The Balaban J connectivity index is 2.21. The molecule has 0 radical (unpaired) electrons. The molecule has 0 saturated heterocycles. The lowest BCUT2D eigenvalue weighted by Gasteiger charge is -2.17. The molecule has 1 N–H and O–H groups in total. The van der Waals surface area contributed by atoms with Gasteiger partial charge in [0.05, 0.1) is 6.26 Å². The normalized spacial score (nSPS) is 12.6. The van der Waals surface area contributed by atoms with E-state index < -0.39 is 11.6 Å². The first-order valence-corrected chi connectivity index (χ1v) is 6.33. The maximum Gasteiger partial charge on any atom is 0.159 e. The second-order valence-corrected chi connectivity index (χ2v) is 4.49. The second kappa shape index (κ2) is 5.97. The van der Waals surface area contributed by atoms with Gasteiger partial charge in [-0.2, -0.15) is 0 Å². The predicted octanol–water partition coefficient (Wildman–Crippen LogP) is 3.76. The Morgan fingerprint density at radius 1 is 1.21 bits per heavy atom. The van der Waals surface area contributed by atoms with Crippen LogP contribution in [0.1, 0.15) is 29.9 Å². The van der Waals surface area contributed by atoms with Crippen LogP contribution >= 0.6 is 0 Å². The highest BCUT2D eigenvalue weighted by atomic mass is 19.2. The average molecular weight is 265 g/mol. The maximum absolute atomic E-state index is 13.2. The van der Waals surface area contributed by atoms with Gasteiger partial charge in [-0.1, -0.05) is 13.0 Å². The summed E-state index contributed by atoms with van der Waals surface area (Å²) in [5, 5.41) is 3.33. The molecule has 2 rings (SSSR count). The first-order chi connectivity index (χ1) is 9.11. The Hall–Kier alpha value is -1.68. The minimum atomic E-state index is -0.816. The predicted molar refractivity (Wildman–Crippen MR) is 69.9 cm³/mol. The molecule has 0 saturated carbocycles. The van der Waals surface area contributed by atoms with Crippen molar-refractivity contribution in [3.63, 3.8) is 0 Å². The zero-order valence-electron chi connectivity index (χ0n) is 11.0. The lowest BCUT2D eigenvalue weighted by Crippen LogP contribution is -2.23. The van der Waals surface area contributed by atoms with Gasteiger partial charge in [-0.15, -0.1) is 0 Å². The molecule has 0 fully saturated rings. The van der Waals surface area contributed by atoms with E-state index in [-0.39, 0.29) is 6.04 Å². The zero-order chi connectivity index (χ0) is 13.8. The topological polar surface area (TPSA) is 25.2 Å². The zero-order valence-corrected chi connectivity index (χ0v) is 11.0. The fourth-order valence-electron chi connectivity index (χ4n) is 2.20. The maximum atomic E-state index is 13.2. The van der Waals surface area contributed by atoms with Gasteiger partial charge >= 0.3 is 0 Å². The van der Waals surface area contributed by atoms with Gasteiger partial charge in [-0.05, 0) is 43.7 Å². The van der Waals surface area contributed by atoms with Gasteiger partial charge in [-0.25, -0.2) is 8.78 Å². The van der Waals surface area contributed by atoms with Crippen molar-refractivity contribution in [2.24, 2.45) is 0 Å². The molecule has 0 spiro atoms. The largest absolute Gasteiger partial charge is 0.469 e. The molecule has 1 aromatic heterocycles. The summed E-state index contributed by atoms with van der Waals surface area (Å²) in [6, 6.07) is 5.96. The Morgan fingerprint density at radius 3 is 2.58 bits per heavy atom. The van der Waals surface area contributed by atoms with E-state index in [0.29, 0.717) is 6.42 Å². The molecule has 0 aliphatic heterocycles. The highest BCUT2D eigenvalue weighted by Crippen LogP contribution is 2.23. The molecular formula is C15H17F2NO. The quantitative estimate of drug-likeness (QED) is 0.890. The number of likely N-dealkylation sites (N-methyl/N-ethyl adjacent to an activating group) is 1. The van der Waals surface area contributed by atoms with Crippen LogP contribution < -0.4 is 5.32 Å². The van der Waals surface area contributed by atoms with Crippen molar-refractivity contribution >= 4 is 0 Å². The second-order valence-electron chi connectivity index (χ2n) is 4.49. The van der Waals surface area contributed by atoms with Crippen LogP contribution in [0.2, 0.25) is 0 Å². The van der Waals surface area contributed by atoms with Crippen molar-refractivity contribution in [2.75, 3.05) is 6.54 Å². The van der Waals surface area contributed by atoms with Crippen LogP contribution in [0.5, 0.6) is 0 Å². The Kier molecular flexibility index (Phi) is 4.32.